The van der Waals surface area contributed by atoms with Gasteiger partial charge in [-0.1, -0.05) is 24.3 Å². The van der Waals surface area contributed by atoms with Crippen LogP contribution in [0, 0.1) is 11.6 Å². The number of hydrogen-bond acceptors (Lipinski definition) is 5. The molecule has 1 amide bonds. The number of hydrogen-bond donors (Lipinski definition) is 3. The Morgan fingerprint density at radius 3 is 2.38 bits per heavy atom. The number of rotatable bonds is 5. The number of halogens is 5. The quantitative estimate of drug-likeness (QED) is 0.148. The van der Waals surface area contributed by atoms with Crippen LogP contribution in [0.5, 0.6) is 5.75 Å². The van der Waals surface area contributed by atoms with Crippen LogP contribution in [0.25, 0.3) is 11.1 Å². The third kappa shape index (κ3) is 4.70. The molecule has 3 N–H and O–H groups in total. The van der Waals surface area contributed by atoms with E-state index in [2.05, 4.69) is 10.5 Å². The van der Waals surface area contributed by atoms with Crippen molar-refractivity contribution in [3.05, 3.63) is 107 Å². The SMILES string of the molecule is O=C(O)c1cccc(-c2cccc(NN=C3C(=O)N(c4ccc(F)c(C(F)(F)F)c4)c4ccc(F)cc43)c2O)c1. The van der Waals surface area contributed by atoms with Crippen LogP contribution in [0.3, 0.4) is 0 Å². The smallest absolute Gasteiger partial charge is 0.419 e. The molecule has 0 unspecified atom stereocenters. The number of hydrazone groups is 1. The van der Waals surface area contributed by atoms with E-state index in [0.29, 0.717) is 17.7 Å². The minimum atomic E-state index is -5.03. The highest BCUT2D eigenvalue weighted by Gasteiger charge is 2.39. The van der Waals surface area contributed by atoms with Crippen LogP contribution in [0.4, 0.5) is 39.0 Å². The fourth-order valence-corrected chi connectivity index (χ4v) is 4.26. The number of aromatic hydroxyl groups is 1. The zero-order valence-corrected chi connectivity index (χ0v) is 20.0. The monoisotopic (exact) mass is 553 g/mol. The lowest BCUT2D eigenvalue weighted by Crippen LogP contribution is -2.26. The van der Waals surface area contributed by atoms with Crippen LogP contribution in [-0.2, 0) is 11.0 Å². The number of aromatic carboxylic acids is 1. The Hall–Kier alpha value is -5.26. The molecule has 0 saturated carbocycles. The Morgan fingerprint density at radius 2 is 1.65 bits per heavy atom. The Balaban J connectivity index is 1.54. The molecule has 4 aromatic rings. The van der Waals surface area contributed by atoms with Crippen molar-refractivity contribution in [2.24, 2.45) is 5.10 Å². The van der Waals surface area contributed by atoms with Gasteiger partial charge in [-0.2, -0.15) is 18.3 Å². The molecule has 1 aliphatic rings. The Labute approximate surface area is 222 Å². The zero-order valence-electron chi connectivity index (χ0n) is 20.0. The molecule has 7 nitrogen and oxygen atoms in total. The highest BCUT2D eigenvalue weighted by molar-refractivity contribution is 6.55. The first-order valence-corrected chi connectivity index (χ1v) is 11.5. The van der Waals surface area contributed by atoms with Gasteiger partial charge >= 0.3 is 12.1 Å². The molecule has 0 saturated heterocycles. The molecular formula is C28H16F5N3O4. The number of para-hydroxylation sites is 1. The van der Waals surface area contributed by atoms with Gasteiger partial charge < -0.3 is 10.2 Å². The second-order valence-corrected chi connectivity index (χ2v) is 8.62. The van der Waals surface area contributed by atoms with Crippen molar-refractivity contribution in [1.82, 2.24) is 0 Å². The van der Waals surface area contributed by atoms with Crippen molar-refractivity contribution in [3.8, 4) is 16.9 Å². The van der Waals surface area contributed by atoms with Crippen molar-refractivity contribution in [1.29, 1.82) is 0 Å². The molecule has 0 spiro atoms. The van der Waals surface area contributed by atoms with Gasteiger partial charge in [0.05, 0.1) is 28.2 Å². The van der Waals surface area contributed by atoms with E-state index in [4.69, 9.17) is 0 Å². The van der Waals surface area contributed by atoms with Gasteiger partial charge in [-0.25, -0.2) is 13.6 Å². The minimum absolute atomic E-state index is 0.00364. The standard InChI is InChI=1S/C28H16F5N3O4/c29-16-7-10-23-19(12-16)24(26(38)36(23)17-8-9-21(30)20(13-17)28(31,32)33)35-34-22-6-2-5-18(25(22)37)14-3-1-4-15(11-14)27(39)40/h1-13,34,37H,(H,39,40). The van der Waals surface area contributed by atoms with E-state index >= 15 is 0 Å². The summed E-state index contributed by atoms with van der Waals surface area (Å²) in [5.74, 6) is -4.72. The second-order valence-electron chi connectivity index (χ2n) is 8.62. The normalized spacial score (nSPS) is 14.0. The third-order valence-electron chi connectivity index (χ3n) is 6.12. The fourth-order valence-electron chi connectivity index (χ4n) is 4.26. The highest BCUT2D eigenvalue weighted by Crippen LogP contribution is 2.40. The first kappa shape index (κ1) is 26.4. The van der Waals surface area contributed by atoms with Crippen LogP contribution in [0.15, 0.2) is 84.0 Å². The number of phenols is 1. The maximum atomic E-state index is 14.1. The van der Waals surface area contributed by atoms with Crippen LogP contribution < -0.4 is 10.3 Å². The van der Waals surface area contributed by atoms with Crippen molar-refractivity contribution in [2.75, 3.05) is 10.3 Å². The molecule has 1 aliphatic heterocycles. The fraction of sp³-hybridized carbons (Fsp3) is 0.0357. The average molecular weight is 553 g/mol. The predicted octanol–water partition coefficient (Wildman–Crippen LogP) is 6.55. The molecule has 0 bridgehead atoms. The Morgan fingerprint density at radius 1 is 0.900 bits per heavy atom. The van der Waals surface area contributed by atoms with Gasteiger partial charge in [0.15, 0.2) is 5.71 Å². The van der Waals surface area contributed by atoms with E-state index in [0.717, 1.165) is 23.1 Å². The summed E-state index contributed by atoms with van der Waals surface area (Å²) in [6, 6.07) is 15.4. The summed E-state index contributed by atoms with van der Waals surface area (Å²) >= 11 is 0. The van der Waals surface area contributed by atoms with Crippen molar-refractivity contribution >= 4 is 34.7 Å². The molecule has 0 radical (unpaired) electrons. The summed E-state index contributed by atoms with van der Waals surface area (Å²) in [6.07, 6.45) is -5.03. The van der Waals surface area contributed by atoms with E-state index < -0.39 is 35.3 Å². The third-order valence-corrected chi connectivity index (χ3v) is 6.12. The van der Waals surface area contributed by atoms with Gasteiger partial charge in [-0.05, 0) is 60.2 Å². The molecule has 0 aliphatic carbocycles. The molecule has 1 heterocycles. The van der Waals surface area contributed by atoms with Gasteiger partial charge in [0, 0.05) is 11.1 Å². The van der Waals surface area contributed by atoms with Gasteiger partial charge in [0.1, 0.15) is 17.4 Å². The zero-order chi connectivity index (χ0) is 28.8. The predicted molar refractivity (Wildman–Crippen MR) is 136 cm³/mol. The second kappa shape index (κ2) is 9.80. The van der Waals surface area contributed by atoms with Crippen LogP contribution >= 0.6 is 0 Å². The van der Waals surface area contributed by atoms with E-state index in [1.165, 1.54) is 42.5 Å². The number of amides is 1. The maximum Gasteiger partial charge on any atom is 0.419 e. The van der Waals surface area contributed by atoms with E-state index in [9.17, 15) is 41.8 Å². The topological polar surface area (TPSA) is 102 Å². The Kier molecular flexibility index (Phi) is 6.46. The number of phenolic OH excluding ortho intramolecular Hbond substituents is 1. The molecule has 0 aromatic heterocycles. The molecule has 5 rings (SSSR count). The molecular weight excluding hydrogens is 537 g/mol. The van der Waals surface area contributed by atoms with Crippen LogP contribution in [0.1, 0.15) is 21.5 Å². The highest BCUT2D eigenvalue weighted by atomic mass is 19.4. The first-order valence-electron chi connectivity index (χ1n) is 11.5. The van der Waals surface area contributed by atoms with E-state index in [1.54, 1.807) is 6.07 Å². The minimum Gasteiger partial charge on any atom is -0.505 e. The summed E-state index contributed by atoms with van der Waals surface area (Å²) in [5.41, 5.74) is 0.787. The average Bonchev–Trinajstić information content (AvgIpc) is 3.18. The number of alkyl halides is 3. The lowest BCUT2D eigenvalue weighted by molar-refractivity contribution is -0.140. The van der Waals surface area contributed by atoms with E-state index in [-0.39, 0.29) is 45.2 Å². The van der Waals surface area contributed by atoms with Gasteiger partial charge in [0.25, 0.3) is 5.91 Å². The number of carboxylic acid groups (broad SMARTS) is 1. The molecule has 40 heavy (non-hydrogen) atoms. The molecule has 4 aromatic carbocycles. The van der Waals surface area contributed by atoms with E-state index in [1.807, 2.05) is 0 Å². The van der Waals surface area contributed by atoms with Gasteiger partial charge in [0.2, 0.25) is 0 Å². The van der Waals surface area contributed by atoms with Crippen molar-refractivity contribution in [2.45, 2.75) is 6.18 Å². The lowest BCUT2D eigenvalue weighted by Gasteiger charge is -2.19. The summed E-state index contributed by atoms with van der Waals surface area (Å²) in [6.45, 7) is 0. The van der Waals surface area contributed by atoms with Crippen LogP contribution in [0.2, 0.25) is 0 Å². The molecule has 202 valence electrons. The Bertz CT molecular complexity index is 1720. The van der Waals surface area contributed by atoms with Gasteiger partial charge in [-0.15, -0.1) is 0 Å². The summed E-state index contributed by atoms with van der Waals surface area (Å²) in [4.78, 5) is 25.5. The maximum absolute atomic E-state index is 14.1. The first-order chi connectivity index (χ1) is 19.0. The number of carbonyl (C=O) groups excluding carboxylic acids is 1. The summed E-state index contributed by atoms with van der Waals surface area (Å²) in [7, 11) is 0. The van der Waals surface area contributed by atoms with Crippen molar-refractivity contribution in [3.63, 3.8) is 0 Å². The largest absolute Gasteiger partial charge is 0.505 e. The number of nitrogens with one attached hydrogen (secondary N) is 1. The van der Waals surface area contributed by atoms with Crippen LogP contribution in [-0.4, -0.2) is 27.8 Å². The number of anilines is 3. The number of fused-ring (bicyclic) bond motifs is 1. The summed E-state index contributed by atoms with van der Waals surface area (Å²) in [5, 5.41) is 24.1. The number of carboxylic acids is 1. The van der Waals surface area contributed by atoms with Gasteiger partial charge in [-0.3, -0.25) is 15.1 Å². The van der Waals surface area contributed by atoms with Crippen molar-refractivity contribution < 1.29 is 41.8 Å². The molecule has 0 fully saturated rings. The lowest BCUT2D eigenvalue weighted by atomic mass is 10.0. The number of benzene rings is 4. The molecule has 0 atom stereocenters. The summed E-state index contributed by atoms with van der Waals surface area (Å²) < 4.78 is 68.0. The molecule has 12 heteroatoms. The number of carbonyl (C=O) groups is 2. The number of nitrogens with zero attached hydrogens (tertiary/aromatic N) is 2.